The Morgan fingerprint density at radius 2 is 0.918 bits per heavy atom. The zero-order valence-electron chi connectivity index (χ0n) is 31.1. The van der Waals surface area contributed by atoms with Gasteiger partial charge in [0.05, 0.1) is 6.85 Å². The fourth-order valence-electron chi connectivity index (χ4n) is 6.30. The fourth-order valence-corrected chi connectivity index (χ4v) is 6.30. The number of furan rings is 1. The zero-order valence-corrected chi connectivity index (χ0v) is 26.1. The highest BCUT2D eigenvalue weighted by Crippen LogP contribution is 2.41. The summed E-state index contributed by atoms with van der Waals surface area (Å²) in [6, 6.07) is 45.7. The Bertz CT molecular complexity index is 2850. The van der Waals surface area contributed by atoms with Crippen LogP contribution in [-0.4, -0.2) is 15.0 Å². The third kappa shape index (κ3) is 5.35. The minimum atomic E-state index is -0.424. The van der Waals surface area contributed by atoms with E-state index in [9.17, 15) is 0 Å². The van der Waals surface area contributed by atoms with Gasteiger partial charge in [0.25, 0.3) is 0 Å². The van der Waals surface area contributed by atoms with Crippen molar-refractivity contribution in [2.24, 2.45) is 0 Å². The van der Waals surface area contributed by atoms with Gasteiger partial charge in [-0.25, -0.2) is 15.0 Å². The average Bonchev–Trinajstić information content (AvgIpc) is 3.61. The first-order valence-electron chi connectivity index (χ1n) is 18.5. The van der Waals surface area contributed by atoms with E-state index in [1.165, 1.54) is 0 Å². The molecule has 9 aromatic rings. The van der Waals surface area contributed by atoms with Crippen LogP contribution < -0.4 is 0 Å². The molecule has 0 atom stereocenters. The van der Waals surface area contributed by atoms with Crippen molar-refractivity contribution in [1.82, 2.24) is 15.0 Å². The minimum Gasteiger partial charge on any atom is -0.456 e. The summed E-state index contributed by atoms with van der Waals surface area (Å²) >= 11 is 0. The minimum absolute atomic E-state index is 0.151. The van der Waals surface area contributed by atoms with E-state index in [4.69, 9.17) is 26.2 Å². The van der Waals surface area contributed by atoms with Crippen LogP contribution in [0.15, 0.2) is 180 Å². The number of rotatable bonds is 6. The van der Waals surface area contributed by atoms with Crippen LogP contribution in [0.5, 0.6) is 0 Å². The molecule has 7 aromatic carbocycles. The smallest absolute Gasteiger partial charge is 0.164 e. The number of nitrogens with zero attached hydrogens (tertiary/aromatic N) is 3. The standard InChI is InChI=1S/C45H29N3O/c1-4-13-30(14-5-1)31-23-25-34(26-24-31)44-46-43(33-17-8-3-9-18-33)47-45(48-44)35-27-28-39-41(29-35)49-40-22-12-21-38(42(39)40)37-20-11-10-19-36(37)32-15-6-2-7-16-32/h1-29H/i2D,6D,7D,15D,16D. The molecule has 2 heterocycles. The van der Waals surface area contributed by atoms with E-state index >= 15 is 0 Å². The van der Waals surface area contributed by atoms with Gasteiger partial charge in [-0.15, -0.1) is 0 Å². The van der Waals surface area contributed by atoms with Gasteiger partial charge < -0.3 is 4.42 Å². The summed E-state index contributed by atoms with van der Waals surface area (Å²) in [5.41, 5.74) is 8.22. The summed E-state index contributed by atoms with van der Waals surface area (Å²) < 4.78 is 48.5. The van der Waals surface area contributed by atoms with Crippen LogP contribution in [0.25, 0.3) is 89.5 Å². The molecule has 0 saturated heterocycles. The first-order valence-corrected chi connectivity index (χ1v) is 16.0. The van der Waals surface area contributed by atoms with Crippen LogP contribution in [0.4, 0.5) is 0 Å². The number of benzene rings is 7. The third-order valence-electron chi connectivity index (χ3n) is 8.66. The second-order valence-electron chi connectivity index (χ2n) is 11.7. The van der Waals surface area contributed by atoms with Gasteiger partial charge in [-0.3, -0.25) is 0 Å². The number of hydrogen-bond donors (Lipinski definition) is 0. The lowest BCUT2D eigenvalue weighted by molar-refractivity contribution is 0.669. The second kappa shape index (κ2) is 12.2. The van der Waals surface area contributed by atoms with Crippen molar-refractivity contribution in [3.63, 3.8) is 0 Å². The molecule has 4 nitrogen and oxygen atoms in total. The molecule has 0 saturated carbocycles. The maximum Gasteiger partial charge on any atom is 0.164 e. The van der Waals surface area contributed by atoms with Gasteiger partial charge in [-0.05, 0) is 51.6 Å². The molecular weight excluding hydrogens is 599 g/mol. The molecule has 0 aliphatic rings. The molecule has 2 aromatic heterocycles. The SMILES string of the molecule is [2H]c1c([2H])c([2H])c(-c2ccccc2-c2cccc3oc4cc(-c5nc(-c6ccccc6)nc(-c6ccc(-c7ccccc7)cc6)n5)ccc4c23)c([2H])c1[2H]. The number of fused-ring (bicyclic) bond motifs is 3. The molecule has 0 spiro atoms. The Morgan fingerprint density at radius 3 is 1.63 bits per heavy atom. The molecule has 0 radical (unpaired) electrons. The summed E-state index contributed by atoms with van der Waals surface area (Å²) in [4.78, 5) is 14.8. The van der Waals surface area contributed by atoms with Crippen molar-refractivity contribution < 1.29 is 11.3 Å². The first-order chi connectivity index (χ1) is 26.4. The summed E-state index contributed by atoms with van der Waals surface area (Å²) in [6.07, 6.45) is 0. The van der Waals surface area contributed by atoms with Crippen molar-refractivity contribution in [3.8, 4) is 67.5 Å². The molecule has 49 heavy (non-hydrogen) atoms. The highest BCUT2D eigenvalue weighted by atomic mass is 16.3. The molecule has 0 fully saturated rings. The van der Waals surface area contributed by atoms with E-state index in [0.29, 0.717) is 34.2 Å². The van der Waals surface area contributed by atoms with Crippen molar-refractivity contribution in [2.75, 3.05) is 0 Å². The summed E-state index contributed by atoms with van der Waals surface area (Å²) in [6.45, 7) is 0. The Hall–Kier alpha value is -6.65. The lowest BCUT2D eigenvalue weighted by Crippen LogP contribution is -2.00. The molecule has 230 valence electrons. The van der Waals surface area contributed by atoms with Crippen LogP contribution in [0.2, 0.25) is 0 Å². The van der Waals surface area contributed by atoms with Crippen molar-refractivity contribution in [2.45, 2.75) is 0 Å². The molecule has 0 aliphatic heterocycles. The van der Waals surface area contributed by atoms with Crippen LogP contribution in [0.1, 0.15) is 6.85 Å². The van der Waals surface area contributed by atoms with Crippen molar-refractivity contribution >= 4 is 21.9 Å². The molecule has 0 bridgehead atoms. The first kappa shape index (κ1) is 23.6. The van der Waals surface area contributed by atoms with Gasteiger partial charge in [-0.2, -0.15) is 0 Å². The van der Waals surface area contributed by atoms with Gasteiger partial charge in [0.15, 0.2) is 17.5 Å². The van der Waals surface area contributed by atoms with E-state index in [0.717, 1.165) is 49.7 Å². The van der Waals surface area contributed by atoms with Gasteiger partial charge in [0.1, 0.15) is 11.2 Å². The maximum atomic E-state index is 8.68. The largest absolute Gasteiger partial charge is 0.456 e. The zero-order chi connectivity index (χ0) is 36.9. The van der Waals surface area contributed by atoms with Gasteiger partial charge in [-0.1, -0.05) is 158 Å². The van der Waals surface area contributed by atoms with Gasteiger partial charge in [0.2, 0.25) is 0 Å². The van der Waals surface area contributed by atoms with E-state index in [-0.39, 0.29) is 29.7 Å². The Kier molecular flexibility index (Phi) is 5.87. The van der Waals surface area contributed by atoms with E-state index < -0.39 is 6.04 Å². The summed E-state index contributed by atoms with van der Waals surface area (Å²) in [7, 11) is 0. The monoisotopic (exact) mass is 632 g/mol. The molecule has 0 unspecified atom stereocenters. The van der Waals surface area contributed by atoms with Crippen LogP contribution >= 0.6 is 0 Å². The number of hydrogen-bond acceptors (Lipinski definition) is 4. The highest BCUT2D eigenvalue weighted by molar-refractivity contribution is 6.14. The van der Waals surface area contributed by atoms with Gasteiger partial charge >= 0.3 is 0 Å². The van der Waals surface area contributed by atoms with Crippen LogP contribution in [-0.2, 0) is 0 Å². The molecule has 0 amide bonds. The normalized spacial score (nSPS) is 12.7. The summed E-state index contributed by atoms with van der Waals surface area (Å²) in [5, 5.41) is 1.70. The van der Waals surface area contributed by atoms with E-state index in [1.54, 1.807) is 6.07 Å². The third-order valence-corrected chi connectivity index (χ3v) is 8.66. The second-order valence-corrected chi connectivity index (χ2v) is 11.7. The van der Waals surface area contributed by atoms with Crippen molar-refractivity contribution in [1.29, 1.82) is 0 Å². The Balaban J connectivity index is 1.18. The molecule has 0 N–H and O–H groups in total. The van der Waals surface area contributed by atoms with E-state index in [2.05, 4.69) is 24.3 Å². The lowest BCUT2D eigenvalue weighted by Gasteiger charge is -2.11. The van der Waals surface area contributed by atoms with Crippen LogP contribution in [0.3, 0.4) is 0 Å². The molecular formula is C45H29N3O. The Labute approximate surface area is 291 Å². The predicted octanol–water partition coefficient (Wildman–Crippen LogP) is 11.8. The predicted molar refractivity (Wildman–Crippen MR) is 200 cm³/mol. The van der Waals surface area contributed by atoms with Crippen molar-refractivity contribution in [3.05, 3.63) is 176 Å². The maximum absolute atomic E-state index is 8.68. The molecule has 9 rings (SSSR count). The average molecular weight is 633 g/mol. The van der Waals surface area contributed by atoms with Crippen LogP contribution in [0, 0.1) is 0 Å². The van der Waals surface area contributed by atoms with Gasteiger partial charge in [0, 0.05) is 27.5 Å². The fraction of sp³-hybridized carbons (Fsp3) is 0. The van der Waals surface area contributed by atoms with E-state index in [1.807, 2.05) is 115 Å². The molecule has 0 aliphatic carbocycles. The molecule has 4 heteroatoms. The summed E-state index contributed by atoms with van der Waals surface area (Å²) in [5.74, 6) is 1.61. The highest BCUT2D eigenvalue weighted by Gasteiger charge is 2.18. The quantitative estimate of drug-likeness (QED) is 0.183. The lowest BCUT2D eigenvalue weighted by atomic mass is 9.92. The number of aromatic nitrogens is 3. The Morgan fingerprint density at radius 1 is 0.388 bits per heavy atom. The topological polar surface area (TPSA) is 51.8 Å².